The Bertz CT molecular complexity index is 931. The molecule has 1 aliphatic carbocycles. The first kappa shape index (κ1) is 21.6. The van der Waals surface area contributed by atoms with E-state index in [2.05, 4.69) is 22.4 Å². The van der Waals surface area contributed by atoms with E-state index in [1.807, 2.05) is 11.4 Å². The van der Waals surface area contributed by atoms with Crippen LogP contribution in [0.25, 0.3) is 11.3 Å². The Morgan fingerprint density at radius 3 is 2.58 bits per heavy atom. The summed E-state index contributed by atoms with van der Waals surface area (Å²) in [6.45, 7) is 0.781. The lowest BCUT2D eigenvalue weighted by atomic mass is 9.83. The van der Waals surface area contributed by atoms with E-state index in [0.717, 1.165) is 17.0 Å². The van der Waals surface area contributed by atoms with Crippen LogP contribution in [0.15, 0.2) is 23.6 Å². The minimum atomic E-state index is -0.923. The molecule has 0 spiro atoms. The molecule has 1 aromatic carbocycles. The first-order chi connectivity index (χ1) is 15.0. The molecule has 2 aromatic rings. The van der Waals surface area contributed by atoms with Gasteiger partial charge in [-0.2, -0.15) is 0 Å². The number of carboxylic acid groups (broad SMARTS) is 1. The van der Waals surface area contributed by atoms with Gasteiger partial charge in [-0.05, 0) is 49.3 Å². The van der Waals surface area contributed by atoms with Crippen LogP contribution >= 0.6 is 11.3 Å². The topological polar surface area (TPSA) is 91.8 Å². The highest BCUT2D eigenvalue weighted by Crippen LogP contribution is 2.38. The van der Waals surface area contributed by atoms with Crippen molar-refractivity contribution >= 4 is 28.5 Å². The second kappa shape index (κ2) is 9.68. The van der Waals surface area contributed by atoms with Crippen LogP contribution in [0.1, 0.15) is 56.4 Å². The van der Waals surface area contributed by atoms with E-state index in [0.29, 0.717) is 37.0 Å². The summed E-state index contributed by atoms with van der Waals surface area (Å²) in [5.41, 5.74) is 3.09. The lowest BCUT2D eigenvalue weighted by Crippen LogP contribution is -2.40. The van der Waals surface area contributed by atoms with Gasteiger partial charge in [-0.3, -0.25) is 4.79 Å². The first-order valence-electron chi connectivity index (χ1n) is 11.0. The van der Waals surface area contributed by atoms with Crippen molar-refractivity contribution in [1.82, 2.24) is 9.88 Å². The maximum Gasteiger partial charge on any atom is 0.407 e. The molecule has 2 aliphatic rings. The van der Waals surface area contributed by atoms with Gasteiger partial charge in [0.05, 0.1) is 12.8 Å². The molecule has 0 bridgehead atoms. The Hall–Kier alpha value is -2.61. The molecule has 2 heterocycles. The first-order valence-corrected chi connectivity index (χ1v) is 11.9. The highest BCUT2D eigenvalue weighted by atomic mass is 32.1. The number of rotatable bonds is 5. The quantitative estimate of drug-likeness (QED) is 0.663. The fourth-order valence-electron chi connectivity index (χ4n) is 4.61. The lowest BCUT2D eigenvalue weighted by molar-refractivity contribution is -0.121. The number of nitrogens with one attached hydrogen (secondary N) is 1. The van der Waals surface area contributed by atoms with Gasteiger partial charge in [-0.15, -0.1) is 11.3 Å². The maximum absolute atomic E-state index is 12.6. The van der Waals surface area contributed by atoms with E-state index < -0.39 is 6.09 Å². The number of methoxy groups -OCH3 is 1. The Kier molecular flexibility index (Phi) is 6.75. The molecule has 0 unspecified atom stereocenters. The molecule has 166 valence electrons. The summed E-state index contributed by atoms with van der Waals surface area (Å²) in [6.07, 6.45) is 6.49. The van der Waals surface area contributed by atoms with Gasteiger partial charge >= 0.3 is 6.09 Å². The van der Waals surface area contributed by atoms with Crippen LogP contribution < -0.4 is 10.1 Å². The zero-order valence-corrected chi connectivity index (χ0v) is 18.6. The van der Waals surface area contributed by atoms with Crippen molar-refractivity contribution < 1.29 is 19.4 Å². The van der Waals surface area contributed by atoms with Crippen molar-refractivity contribution in [2.45, 2.75) is 50.9 Å². The van der Waals surface area contributed by atoms with Gasteiger partial charge in [0, 0.05) is 30.0 Å². The fraction of sp³-hybridized carbons (Fsp3) is 0.522. The van der Waals surface area contributed by atoms with Crippen molar-refractivity contribution in [3.8, 4) is 17.0 Å². The van der Waals surface area contributed by atoms with E-state index >= 15 is 0 Å². The van der Waals surface area contributed by atoms with Crippen molar-refractivity contribution in [2.24, 2.45) is 5.92 Å². The summed E-state index contributed by atoms with van der Waals surface area (Å²) in [5, 5.41) is 14.5. The third kappa shape index (κ3) is 5.01. The number of carbonyl (C=O) groups excluding carboxylic acids is 1. The van der Waals surface area contributed by atoms with Gasteiger partial charge in [-0.1, -0.05) is 25.3 Å². The minimum absolute atomic E-state index is 0.0890. The second-order valence-corrected chi connectivity index (χ2v) is 9.22. The summed E-state index contributed by atoms with van der Waals surface area (Å²) < 4.78 is 5.58. The van der Waals surface area contributed by atoms with Crippen LogP contribution in [0.4, 0.5) is 9.93 Å². The summed E-state index contributed by atoms with van der Waals surface area (Å²) in [4.78, 5) is 29.7. The van der Waals surface area contributed by atoms with Crippen LogP contribution in [0.3, 0.4) is 0 Å². The Morgan fingerprint density at radius 1 is 1.16 bits per heavy atom. The number of hydrogen-bond acceptors (Lipinski definition) is 5. The predicted molar refractivity (Wildman–Crippen MR) is 121 cm³/mol. The zero-order chi connectivity index (χ0) is 21.8. The van der Waals surface area contributed by atoms with Gasteiger partial charge in [0.25, 0.3) is 0 Å². The number of hydrogen-bond donors (Lipinski definition) is 2. The Labute approximate surface area is 186 Å². The molecule has 31 heavy (non-hydrogen) atoms. The number of piperidine rings is 1. The van der Waals surface area contributed by atoms with E-state index in [9.17, 15) is 9.59 Å². The van der Waals surface area contributed by atoms with E-state index in [1.54, 1.807) is 7.11 Å². The number of amides is 2. The van der Waals surface area contributed by atoms with Crippen molar-refractivity contribution in [3.63, 3.8) is 0 Å². The van der Waals surface area contributed by atoms with Crippen molar-refractivity contribution in [3.05, 3.63) is 29.1 Å². The molecule has 2 N–H and O–H groups in total. The molecule has 0 radical (unpaired) electrons. The largest absolute Gasteiger partial charge is 0.496 e. The summed E-state index contributed by atoms with van der Waals surface area (Å²) in [5.74, 6) is 1.10. The Balaban J connectivity index is 1.45. The summed E-state index contributed by atoms with van der Waals surface area (Å²) in [7, 11) is 1.66. The van der Waals surface area contributed by atoms with Crippen LogP contribution in [-0.2, 0) is 4.79 Å². The van der Waals surface area contributed by atoms with Gasteiger partial charge in [0.2, 0.25) is 5.91 Å². The summed E-state index contributed by atoms with van der Waals surface area (Å²) in [6, 6.07) is 6.38. The number of carbonyl (C=O) groups is 2. The van der Waals surface area contributed by atoms with Crippen LogP contribution in [0.5, 0.6) is 5.75 Å². The number of nitrogens with zero attached hydrogens (tertiary/aromatic N) is 2. The molecule has 1 saturated carbocycles. The standard InChI is InChI=1S/C23H29N3O4S/c1-30-20-8-7-17(15-5-3-2-4-6-15)13-18(20)19-14-31-22(24-19)25-21(27)16-9-11-26(12-10-16)23(28)29/h7-8,13-16H,2-6,9-12H2,1H3,(H,28,29)(H,24,25,27). The molecule has 7 nitrogen and oxygen atoms in total. The highest BCUT2D eigenvalue weighted by molar-refractivity contribution is 7.14. The third-order valence-corrected chi connectivity index (χ3v) is 7.20. The molecule has 0 atom stereocenters. The average Bonchev–Trinajstić information content (AvgIpc) is 3.27. The highest BCUT2D eigenvalue weighted by Gasteiger charge is 2.27. The van der Waals surface area contributed by atoms with Gasteiger partial charge in [-0.25, -0.2) is 9.78 Å². The van der Waals surface area contributed by atoms with Crippen molar-refractivity contribution in [2.75, 3.05) is 25.5 Å². The third-order valence-electron chi connectivity index (χ3n) is 6.45. The van der Waals surface area contributed by atoms with Crippen LogP contribution in [0.2, 0.25) is 0 Å². The zero-order valence-electron chi connectivity index (χ0n) is 17.8. The monoisotopic (exact) mass is 443 g/mol. The number of anilines is 1. The Morgan fingerprint density at radius 2 is 1.90 bits per heavy atom. The minimum Gasteiger partial charge on any atom is -0.496 e. The number of aromatic nitrogens is 1. The molecule has 2 amide bonds. The van der Waals surface area contributed by atoms with E-state index in [-0.39, 0.29) is 11.8 Å². The van der Waals surface area contributed by atoms with E-state index in [4.69, 9.17) is 9.84 Å². The van der Waals surface area contributed by atoms with Crippen LogP contribution in [0, 0.1) is 5.92 Å². The molecular formula is C23H29N3O4S. The normalized spacial score (nSPS) is 18.0. The molecule has 4 rings (SSSR count). The van der Waals surface area contributed by atoms with Gasteiger partial charge in [0.15, 0.2) is 5.13 Å². The maximum atomic E-state index is 12.6. The number of likely N-dealkylation sites (tertiary alicyclic amines) is 1. The van der Waals surface area contributed by atoms with Crippen LogP contribution in [-0.4, -0.2) is 47.2 Å². The fourth-order valence-corrected chi connectivity index (χ4v) is 5.32. The van der Waals surface area contributed by atoms with Gasteiger partial charge in [0.1, 0.15) is 5.75 Å². The molecule has 1 aliphatic heterocycles. The second-order valence-electron chi connectivity index (χ2n) is 8.37. The van der Waals surface area contributed by atoms with E-state index in [1.165, 1.54) is 53.9 Å². The summed E-state index contributed by atoms with van der Waals surface area (Å²) >= 11 is 1.40. The number of benzene rings is 1. The molecule has 8 heteroatoms. The predicted octanol–water partition coefficient (Wildman–Crippen LogP) is 5.19. The molecule has 1 saturated heterocycles. The number of ether oxygens (including phenoxy) is 1. The van der Waals surface area contributed by atoms with Crippen molar-refractivity contribution in [1.29, 1.82) is 0 Å². The molecular weight excluding hydrogens is 414 g/mol. The number of thiazole rings is 1. The SMILES string of the molecule is COc1ccc(C2CCCCC2)cc1-c1csc(NC(=O)C2CCN(C(=O)O)CC2)n1. The lowest BCUT2D eigenvalue weighted by Gasteiger charge is -2.28. The molecule has 2 fully saturated rings. The molecule has 1 aromatic heterocycles. The average molecular weight is 444 g/mol. The smallest absolute Gasteiger partial charge is 0.407 e. The van der Waals surface area contributed by atoms with Gasteiger partial charge < -0.3 is 20.1 Å².